The van der Waals surface area contributed by atoms with Crippen LogP contribution in [0.3, 0.4) is 0 Å². The van der Waals surface area contributed by atoms with Crippen molar-refractivity contribution in [3.8, 4) is 5.75 Å². The smallest absolute Gasteiger partial charge is 0.328 e. The van der Waals surface area contributed by atoms with E-state index in [9.17, 15) is 4.79 Å². The van der Waals surface area contributed by atoms with Crippen LogP contribution in [0.25, 0.3) is 6.08 Å². The molecule has 0 unspecified atom stereocenters. The number of thiophene rings is 1. The molecule has 1 N–H and O–H groups in total. The Hall–Kier alpha value is -2.07. The van der Waals surface area contributed by atoms with Gasteiger partial charge in [-0.2, -0.15) is 0 Å². The van der Waals surface area contributed by atoms with Gasteiger partial charge in [-0.3, -0.25) is 0 Å². The third-order valence-corrected chi connectivity index (χ3v) is 3.72. The predicted octanol–water partition coefficient (Wildman–Crippen LogP) is 4.04. The Morgan fingerprint density at radius 1 is 1.35 bits per heavy atom. The van der Waals surface area contributed by atoms with E-state index in [0.29, 0.717) is 6.61 Å². The minimum atomic E-state index is -0.940. The van der Waals surface area contributed by atoms with E-state index in [1.54, 1.807) is 17.4 Å². The van der Waals surface area contributed by atoms with Crippen LogP contribution in [0.2, 0.25) is 0 Å². The number of aliphatic carboxylic acids is 1. The first-order chi connectivity index (χ1) is 9.54. The predicted molar refractivity (Wildman–Crippen MR) is 81.2 cm³/mol. The van der Waals surface area contributed by atoms with Crippen LogP contribution in [0.15, 0.2) is 35.7 Å². The van der Waals surface area contributed by atoms with E-state index in [0.717, 1.165) is 27.8 Å². The Morgan fingerprint density at radius 2 is 2.15 bits per heavy atom. The Kier molecular flexibility index (Phi) is 4.58. The first-order valence-corrected chi connectivity index (χ1v) is 7.11. The fourth-order valence-electron chi connectivity index (χ4n) is 1.84. The molecule has 2 aromatic rings. The molecule has 0 aliphatic rings. The number of carboxylic acid groups (broad SMARTS) is 1. The molecule has 0 amide bonds. The molecule has 0 atom stereocenters. The Balaban J connectivity index is 1.99. The molecule has 0 aliphatic carbocycles. The number of ether oxygens (including phenoxy) is 1. The van der Waals surface area contributed by atoms with Gasteiger partial charge in [-0.05, 0) is 48.6 Å². The molecule has 0 saturated heterocycles. The van der Waals surface area contributed by atoms with Crippen LogP contribution in [0.1, 0.15) is 21.6 Å². The van der Waals surface area contributed by atoms with Gasteiger partial charge in [0.05, 0.1) is 0 Å². The van der Waals surface area contributed by atoms with Crippen molar-refractivity contribution in [2.75, 3.05) is 0 Å². The summed E-state index contributed by atoms with van der Waals surface area (Å²) >= 11 is 1.56. The molecule has 4 heteroatoms. The van der Waals surface area contributed by atoms with Gasteiger partial charge in [-0.15, -0.1) is 11.3 Å². The van der Waals surface area contributed by atoms with E-state index in [1.807, 2.05) is 30.5 Å². The quantitative estimate of drug-likeness (QED) is 0.845. The first-order valence-electron chi connectivity index (χ1n) is 6.23. The average molecular weight is 288 g/mol. The molecule has 0 aliphatic heterocycles. The maximum absolute atomic E-state index is 10.4. The zero-order valence-electron chi connectivity index (χ0n) is 11.4. The number of hydrogen-bond acceptors (Lipinski definition) is 3. The van der Waals surface area contributed by atoms with Crippen molar-refractivity contribution in [2.24, 2.45) is 0 Å². The molecule has 0 bridgehead atoms. The second-order valence-electron chi connectivity index (χ2n) is 4.58. The number of aryl methyl sites for hydroxylation is 2. The summed E-state index contributed by atoms with van der Waals surface area (Å²) in [6, 6.07) is 8.03. The fourth-order valence-corrected chi connectivity index (χ4v) is 2.60. The summed E-state index contributed by atoms with van der Waals surface area (Å²) in [5, 5.41) is 10.5. The standard InChI is InChI=1S/C16H16O3S/c1-11-3-5-15(12(2)7-11)19-9-14-8-13(10-20-14)4-6-16(17)18/h3-8,10H,9H2,1-2H3,(H,17,18). The highest BCUT2D eigenvalue weighted by molar-refractivity contribution is 7.10. The minimum Gasteiger partial charge on any atom is -0.488 e. The SMILES string of the molecule is Cc1ccc(OCc2cc(C=CC(=O)O)cs2)c(C)c1. The Labute approximate surface area is 122 Å². The van der Waals surface area contributed by atoms with Gasteiger partial charge in [-0.25, -0.2) is 4.79 Å². The van der Waals surface area contributed by atoms with Crippen LogP contribution in [-0.2, 0) is 11.4 Å². The van der Waals surface area contributed by atoms with Crippen molar-refractivity contribution in [1.82, 2.24) is 0 Å². The lowest BCUT2D eigenvalue weighted by Gasteiger charge is -2.08. The second-order valence-corrected chi connectivity index (χ2v) is 5.57. The lowest BCUT2D eigenvalue weighted by molar-refractivity contribution is -0.131. The summed E-state index contributed by atoms with van der Waals surface area (Å²) in [5.74, 6) is -0.0593. The molecule has 3 nitrogen and oxygen atoms in total. The van der Waals surface area contributed by atoms with E-state index in [1.165, 1.54) is 5.56 Å². The summed E-state index contributed by atoms with van der Waals surface area (Å²) < 4.78 is 5.79. The number of carboxylic acids is 1. The summed E-state index contributed by atoms with van der Waals surface area (Å²) in [6.45, 7) is 4.57. The molecule has 20 heavy (non-hydrogen) atoms. The van der Waals surface area contributed by atoms with Gasteiger partial charge in [0.15, 0.2) is 0 Å². The lowest BCUT2D eigenvalue weighted by Crippen LogP contribution is -1.95. The molecule has 1 aromatic heterocycles. The monoisotopic (exact) mass is 288 g/mol. The van der Waals surface area contributed by atoms with Gasteiger partial charge < -0.3 is 9.84 Å². The van der Waals surface area contributed by atoms with E-state index in [4.69, 9.17) is 9.84 Å². The van der Waals surface area contributed by atoms with E-state index in [-0.39, 0.29) is 0 Å². The molecular formula is C16H16O3S. The van der Waals surface area contributed by atoms with Crippen LogP contribution >= 0.6 is 11.3 Å². The van der Waals surface area contributed by atoms with Crippen LogP contribution in [0.5, 0.6) is 5.75 Å². The van der Waals surface area contributed by atoms with Crippen molar-refractivity contribution >= 4 is 23.4 Å². The molecule has 0 spiro atoms. The van der Waals surface area contributed by atoms with Crippen LogP contribution < -0.4 is 4.74 Å². The Bertz CT molecular complexity index is 641. The van der Waals surface area contributed by atoms with Gasteiger partial charge >= 0.3 is 5.97 Å². The summed E-state index contributed by atoms with van der Waals surface area (Å²) in [5.41, 5.74) is 3.22. The van der Waals surface area contributed by atoms with Crippen LogP contribution in [0.4, 0.5) is 0 Å². The third-order valence-electron chi connectivity index (χ3n) is 2.79. The molecule has 104 valence electrons. The highest BCUT2D eigenvalue weighted by atomic mass is 32.1. The van der Waals surface area contributed by atoms with Gasteiger partial charge in [0.2, 0.25) is 0 Å². The van der Waals surface area contributed by atoms with Gasteiger partial charge in [0.1, 0.15) is 12.4 Å². The molecule has 1 aromatic carbocycles. The van der Waals surface area contributed by atoms with Crippen molar-refractivity contribution in [2.45, 2.75) is 20.5 Å². The first kappa shape index (κ1) is 14.3. The fraction of sp³-hybridized carbons (Fsp3) is 0.188. The van der Waals surface area contributed by atoms with Gasteiger partial charge in [-0.1, -0.05) is 17.7 Å². The number of rotatable bonds is 5. The maximum atomic E-state index is 10.4. The summed E-state index contributed by atoms with van der Waals surface area (Å²) in [6.07, 6.45) is 2.72. The molecule has 2 rings (SSSR count). The minimum absolute atomic E-state index is 0.496. The van der Waals surface area contributed by atoms with Crippen molar-refractivity contribution in [3.63, 3.8) is 0 Å². The van der Waals surface area contributed by atoms with Crippen molar-refractivity contribution < 1.29 is 14.6 Å². The normalized spacial score (nSPS) is 10.9. The highest BCUT2D eigenvalue weighted by Crippen LogP contribution is 2.22. The topological polar surface area (TPSA) is 46.5 Å². The average Bonchev–Trinajstić information content (AvgIpc) is 2.83. The number of benzene rings is 1. The third kappa shape index (κ3) is 3.96. The summed E-state index contributed by atoms with van der Waals surface area (Å²) in [4.78, 5) is 11.5. The molecule has 0 fully saturated rings. The number of hydrogen-bond donors (Lipinski definition) is 1. The van der Waals surface area contributed by atoms with Crippen LogP contribution in [0, 0.1) is 13.8 Å². The second kappa shape index (κ2) is 6.39. The summed E-state index contributed by atoms with van der Waals surface area (Å²) in [7, 11) is 0. The molecule has 0 saturated carbocycles. The van der Waals surface area contributed by atoms with Crippen molar-refractivity contribution in [3.05, 3.63) is 57.3 Å². The number of carbonyl (C=O) groups is 1. The molecule has 1 heterocycles. The van der Waals surface area contributed by atoms with Gasteiger partial charge in [0, 0.05) is 11.0 Å². The zero-order chi connectivity index (χ0) is 14.5. The van der Waals surface area contributed by atoms with E-state index >= 15 is 0 Å². The maximum Gasteiger partial charge on any atom is 0.328 e. The van der Waals surface area contributed by atoms with E-state index < -0.39 is 5.97 Å². The van der Waals surface area contributed by atoms with Crippen molar-refractivity contribution in [1.29, 1.82) is 0 Å². The lowest BCUT2D eigenvalue weighted by atomic mass is 10.1. The molecule has 0 radical (unpaired) electrons. The zero-order valence-corrected chi connectivity index (χ0v) is 12.2. The van der Waals surface area contributed by atoms with E-state index in [2.05, 4.69) is 13.0 Å². The molecular weight excluding hydrogens is 272 g/mol. The van der Waals surface area contributed by atoms with Gasteiger partial charge in [0.25, 0.3) is 0 Å². The Morgan fingerprint density at radius 3 is 2.85 bits per heavy atom. The largest absolute Gasteiger partial charge is 0.488 e. The highest BCUT2D eigenvalue weighted by Gasteiger charge is 2.02. The van der Waals surface area contributed by atoms with Crippen LogP contribution in [-0.4, -0.2) is 11.1 Å².